The Morgan fingerprint density at radius 2 is 2.07 bits per heavy atom. The maximum atomic E-state index is 11.4. The molecule has 1 aliphatic rings. The summed E-state index contributed by atoms with van der Waals surface area (Å²) in [4.78, 5) is 23.2. The van der Waals surface area contributed by atoms with Crippen molar-refractivity contribution in [2.45, 2.75) is 32.6 Å². The zero-order valence-electron chi connectivity index (χ0n) is 17.4. The van der Waals surface area contributed by atoms with Gasteiger partial charge in [0.1, 0.15) is 0 Å². The molecule has 29 heavy (non-hydrogen) atoms. The van der Waals surface area contributed by atoms with Gasteiger partial charge in [-0.25, -0.2) is 0 Å². The van der Waals surface area contributed by atoms with Gasteiger partial charge in [0.2, 0.25) is 5.91 Å². The number of aromatic nitrogens is 2. The lowest BCUT2D eigenvalue weighted by atomic mass is 9.98. The first-order valence-corrected chi connectivity index (χ1v) is 10.3. The van der Waals surface area contributed by atoms with Crippen LogP contribution in [-0.2, 0) is 11.2 Å². The fourth-order valence-corrected chi connectivity index (χ4v) is 4.23. The third-order valence-electron chi connectivity index (χ3n) is 5.74. The summed E-state index contributed by atoms with van der Waals surface area (Å²) < 4.78 is 0. The van der Waals surface area contributed by atoms with Gasteiger partial charge >= 0.3 is 0 Å². The third kappa shape index (κ3) is 4.24. The summed E-state index contributed by atoms with van der Waals surface area (Å²) in [5, 5.41) is 4.05. The number of hydrogen-bond donors (Lipinski definition) is 1. The lowest BCUT2D eigenvalue weighted by molar-refractivity contribution is -0.119. The molecule has 0 spiro atoms. The minimum absolute atomic E-state index is 0.182. The summed E-state index contributed by atoms with van der Waals surface area (Å²) in [6.45, 7) is 2.95. The molecule has 1 N–H and O–H groups in total. The Morgan fingerprint density at radius 3 is 2.79 bits per heavy atom. The van der Waals surface area contributed by atoms with Crippen LogP contribution < -0.4 is 10.2 Å². The molecule has 1 amide bonds. The van der Waals surface area contributed by atoms with E-state index in [1.165, 1.54) is 11.3 Å². The van der Waals surface area contributed by atoms with E-state index >= 15 is 0 Å². The highest BCUT2D eigenvalue weighted by Gasteiger charge is 2.21. The SMILES string of the molecule is Cc1cc(-c2cc3ncccc3c(CCCC3CNC(=O)C3)n2)ccc1N(C)C. The molecule has 3 aromatic rings. The number of carbonyl (C=O) groups is 1. The van der Waals surface area contributed by atoms with Crippen LogP contribution in [0.5, 0.6) is 0 Å². The minimum Gasteiger partial charge on any atom is -0.377 e. The number of amides is 1. The van der Waals surface area contributed by atoms with Crippen LogP contribution in [0.1, 0.15) is 30.5 Å². The predicted octanol–water partition coefficient (Wildman–Crippen LogP) is 4.13. The quantitative estimate of drug-likeness (QED) is 0.690. The van der Waals surface area contributed by atoms with Crippen molar-refractivity contribution >= 4 is 22.5 Å². The van der Waals surface area contributed by atoms with Crippen molar-refractivity contribution in [2.75, 3.05) is 25.5 Å². The molecule has 5 nitrogen and oxygen atoms in total. The van der Waals surface area contributed by atoms with Crippen molar-refractivity contribution in [3.63, 3.8) is 0 Å². The van der Waals surface area contributed by atoms with Crippen molar-refractivity contribution in [1.29, 1.82) is 0 Å². The number of anilines is 1. The van der Waals surface area contributed by atoms with Gasteiger partial charge in [0.25, 0.3) is 0 Å². The van der Waals surface area contributed by atoms with E-state index in [0.29, 0.717) is 12.3 Å². The Balaban J connectivity index is 1.62. The molecule has 0 radical (unpaired) electrons. The number of carbonyl (C=O) groups excluding carboxylic acids is 1. The smallest absolute Gasteiger partial charge is 0.220 e. The molecule has 5 heteroatoms. The van der Waals surface area contributed by atoms with Crippen molar-refractivity contribution in [3.8, 4) is 11.3 Å². The average Bonchev–Trinajstić information content (AvgIpc) is 3.12. The number of pyridine rings is 2. The molecule has 0 bridgehead atoms. The monoisotopic (exact) mass is 388 g/mol. The van der Waals surface area contributed by atoms with Crippen LogP contribution in [0.4, 0.5) is 5.69 Å². The van der Waals surface area contributed by atoms with E-state index < -0.39 is 0 Å². The van der Waals surface area contributed by atoms with Gasteiger partial charge in [0.05, 0.1) is 16.9 Å². The normalized spacial score (nSPS) is 16.2. The second-order valence-corrected chi connectivity index (χ2v) is 8.19. The Hall–Kier alpha value is -2.95. The van der Waals surface area contributed by atoms with Gasteiger partial charge < -0.3 is 10.2 Å². The second-order valence-electron chi connectivity index (χ2n) is 8.19. The average molecular weight is 389 g/mol. The maximum absolute atomic E-state index is 11.4. The third-order valence-corrected chi connectivity index (χ3v) is 5.74. The number of nitrogens with one attached hydrogen (secondary N) is 1. The molecule has 3 heterocycles. The Morgan fingerprint density at radius 1 is 1.21 bits per heavy atom. The van der Waals surface area contributed by atoms with Crippen molar-refractivity contribution in [3.05, 3.63) is 53.9 Å². The first kappa shape index (κ1) is 19.4. The lowest BCUT2D eigenvalue weighted by Gasteiger charge is -2.17. The molecule has 1 aliphatic heterocycles. The summed E-state index contributed by atoms with van der Waals surface area (Å²) in [5.41, 5.74) is 6.62. The Kier molecular flexibility index (Phi) is 5.47. The molecule has 1 fully saturated rings. The van der Waals surface area contributed by atoms with Gasteiger partial charge in [0, 0.05) is 49.9 Å². The first-order chi connectivity index (χ1) is 14.0. The molecule has 150 valence electrons. The van der Waals surface area contributed by atoms with Gasteiger partial charge in [0.15, 0.2) is 0 Å². The molecule has 0 saturated carbocycles. The van der Waals surface area contributed by atoms with E-state index in [1.54, 1.807) is 0 Å². The minimum atomic E-state index is 0.182. The van der Waals surface area contributed by atoms with E-state index in [-0.39, 0.29) is 5.91 Å². The number of hydrogen-bond acceptors (Lipinski definition) is 4. The summed E-state index contributed by atoms with van der Waals surface area (Å²) in [6.07, 6.45) is 5.47. The van der Waals surface area contributed by atoms with E-state index in [0.717, 1.165) is 53.7 Å². The number of fused-ring (bicyclic) bond motifs is 1. The van der Waals surface area contributed by atoms with Gasteiger partial charge in [-0.3, -0.25) is 14.8 Å². The van der Waals surface area contributed by atoms with E-state index in [4.69, 9.17) is 4.98 Å². The number of rotatable bonds is 6. The van der Waals surface area contributed by atoms with Crippen LogP contribution in [-0.4, -0.2) is 36.5 Å². The van der Waals surface area contributed by atoms with E-state index in [2.05, 4.69) is 66.6 Å². The van der Waals surface area contributed by atoms with Crippen molar-refractivity contribution in [2.24, 2.45) is 5.92 Å². The molecular weight excluding hydrogens is 360 g/mol. The van der Waals surface area contributed by atoms with Crippen LogP contribution in [0.25, 0.3) is 22.2 Å². The van der Waals surface area contributed by atoms with Crippen molar-refractivity contribution in [1.82, 2.24) is 15.3 Å². The molecule has 1 atom stereocenters. The summed E-state index contributed by atoms with van der Waals surface area (Å²) >= 11 is 0. The Bertz CT molecular complexity index is 1040. The molecule has 4 rings (SSSR count). The maximum Gasteiger partial charge on any atom is 0.220 e. The van der Waals surface area contributed by atoms with Gasteiger partial charge in [-0.1, -0.05) is 6.07 Å². The Labute approximate surface area is 172 Å². The fourth-order valence-electron chi connectivity index (χ4n) is 4.23. The number of aryl methyl sites for hydroxylation is 2. The highest BCUT2D eigenvalue weighted by Crippen LogP contribution is 2.29. The molecule has 2 aromatic heterocycles. The van der Waals surface area contributed by atoms with E-state index in [9.17, 15) is 4.79 Å². The van der Waals surface area contributed by atoms with Crippen molar-refractivity contribution < 1.29 is 4.79 Å². The van der Waals surface area contributed by atoms with Crippen LogP contribution >= 0.6 is 0 Å². The van der Waals surface area contributed by atoms with Gasteiger partial charge in [-0.05, 0) is 68.0 Å². The molecule has 1 unspecified atom stereocenters. The number of nitrogens with zero attached hydrogens (tertiary/aromatic N) is 3. The lowest BCUT2D eigenvalue weighted by Crippen LogP contribution is -2.13. The highest BCUT2D eigenvalue weighted by molar-refractivity contribution is 5.85. The standard InChI is InChI=1S/C24H28N4O/c1-16-12-18(9-10-23(16)28(2)3)21-14-22-19(7-5-11-25-22)20(27-21)8-4-6-17-13-24(29)26-15-17/h5,7,9-12,14,17H,4,6,8,13,15H2,1-3H3,(H,26,29). The first-order valence-electron chi connectivity index (χ1n) is 10.3. The zero-order valence-corrected chi connectivity index (χ0v) is 17.4. The largest absolute Gasteiger partial charge is 0.377 e. The van der Waals surface area contributed by atoms with Gasteiger partial charge in [-0.2, -0.15) is 0 Å². The van der Waals surface area contributed by atoms with Gasteiger partial charge in [-0.15, -0.1) is 0 Å². The highest BCUT2D eigenvalue weighted by atomic mass is 16.1. The topological polar surface area (TPSA) is 58.1 Å². The van der Waals surface area contributed by atoms with Crippen LogP contribution in [0, 0.1) is 12.8 Å². The van der Waals surface area contributed by atoms with E-state index in [1.807, 2.05) is 12.3 Å². The summed E-state index contributed by atoms with van der Waals surface area (Å²) in [5.74, 6) is 0.637. The molecule has 1 aromatic carbocycles. The zero-order chi connectivity index (χ0) is 20.4. The molecule has 0 aliphatic carbocycles. The molecular formula is C24H28N4O. The molecule has 1 saturated heterocycles. The second kappa shape index (κ2) is 8.19. The number of benzene rings is 1. The van der Waals surface area contributed by atoms with Crippen LogP contribution in [0.2, 0.25) is 0 Å². The predicted molar refractivity (Wildman–Crippen MR) is 118 cm³/mol. The summed E-state index contributed by atoms with van der Waals surface area (Å²) in [7, 11) is 4.12. The van der Waals surface area contributed by atoms with Crippen LogP contribution in [0.15, 0.2) is 42.6 Å². The fraction of sp³-hybridized carbons (Fsp3) is 0.375. The van der Waals surface area contributed by atoms with Crippen LogP contribution in [0.3, 0.4) is 0 Å². The summed E-state index contributed by atoms with van der Waals surface area (Å²) in [6, 6.07) is 12.7.